The Bertz CT molecular complexity index is 567. The quantitative estimate of drug-likeness (QED) is 0.582. The highest BCUT2D eigenvalue weighted by atomic mass is 16.5. The van der Waals surface area contributed by atoms with Crippen molar-refractivity contribution in [1.29, 1.82) is 0 Å². The van der Waals surface area contributed by atoms with E-state index in [-0.39, 0.29) is 5.91 Å². The lowest BCUT2D eigenvalue weighted by molar-refractivity contribution is -0.121. The number of rotatable bonds is 8. The molecule has 0 radical (unpaired) electrons. The van der Waals surface area contributed by atoms with Crippen molar-refractivity contribution in [3.63, 3.8) is 0 Å². The molecule has 0 aromatic heterocycles. The number of anilines is 1. The van der Waals surface area contributed by atoms with E-state index in [9.17, 15) is 4.79 Å². The van der Waals surface area contributed by atoms with E-state index in [1.807, 2.05) is 54.6 Å². The summed E-state index contributed by atoms with van der Waals surface area (Å²) in [4.78, 5) is 11.7. The van der Waals surface area contributed by atoms with Crippen molar-refractivity contribution >= 4 is 11.6 Å². The number of benzene rings is 2. The Kier molecular flexibility index (Phi) is 6.30. The Morgan fingerprint density at radius 1 is 1.05 bits per heavy atom. The molecule has 116 valence electrons. The van der Waals surface area contributed by atoms with Crippen LogP contribution in [0, 0.1) is 0 Å². The molecule has 0 aliphatic carbocycles. The van der Waals surface area contributed by atoms with Gasteiger partial charge in [-0.2, -0.15) is 0 Å². The first-order valence-electron chi connectivity index (χ1n) is 7.53. The summed E-state index contributed by atoms with van der Waals surface area (Å²) in [5.41, 5.74) is 7.65. The van der Waals surface area contributed by atoms with E-state index in [0.29, 0.717) is 19.6 Å². The van der Waals surface area contributed by atoms with Crippen LogP contribution in [0.25, 0.3) is 0 Å². The zero-order valence-corrected chi connectivity index (χ0v) is 12.6. The molecule has 0 unspecified atom stereocenters. The van der Waals surface area contributed by atoms with E-state index < -0.39 is 0 Å². The number of carbonyl (C=O) groups excluding carboxylic acids is 1. The van der Waals surface area contributed by atoms with Crippen molar-refractivity contribution in [3.8, 4) is 5.75 Å². The number of aryl methyl sites for hydroxylation is 1. The number of hydrogen-bond acceptors (Lipinski definition) is 3. The molecule has 2 aromatic carbocycles. The number of nitrogen functional groups attached to an aromatic ring is 1. The molecule has 0 saturated heterocycles. The number of nitrogens with two attached hydrogens (primary N) is 1. The monoisotopic (exact) mass is 298 g/mol. The summed E-state index contributed by atoms with van der Waals surface area (Å²) in [7, 11) is 0. The molecule has 3 N–H and O–H groups in total. The van der Waals surface area contributed by atoms with Crippen LogP contribution in [0.15, 0.2) is 54.6 Å². The maximum Gasteiger partial charge on any atom is 0.223 e. The molecule has 4 nitrogen and oxygen atoms in total. The third-order valence-electron chi connectivity index (χ3n) is 3.29. The molecule has 4 heteroatoms. The van der Waals surface area contributed by atoms with Gasteiger partial charge in [-0.05, 0) is 42.7 Å². The smallest absolute Gasteiger partial charge is 0.223 e. The second-order valence-corrected chi connectivity index (χ2v) is 5.11. The SMILES string of the molecule is Nc1ccc(CCCNC(=O)CCOc2ccccc2)cc1. The van der Waals surface area contributed by atoms with Crippen LogP contribution in [-0.4, -0.2) is 19.1 Å². The zero-order valence-electron chi connectivity index (χ0n) is 12.6. The van der Waals surface area contributed by atoms with Crippen LogP contribution in [0.4, 0.5) is 5.69 Å². The first-order chi connectivity index (χ1) is 10.7. The Morgan fingerprint density at radius 2 is 1.77 bits per heavy atom. The lowest BCUT2D eigenvalue weighted by Gasteiger charge is -2.07. The Morgan fingerprint density at radius 3 is 2.50 bits per heavy atom. The molecule has 2 rings (SSSR count). The molecule has 0 spiro atoms. The summed E-state index contributed by atoms with van der Waals surface area (Å²) in [6, 6.07) is 17.3. The molecular formula is C18H22N2O2. The molecule has 0 bridgehead atoms. The number of carbonyl (C=O) groups is 1. The van der Waals surface area contributed by atoms with Crippen LogP contribution in [0.3, 0.4) is 0 Å². The van der Waals surface area contributed by atoms with Gasteiger partial charge in [-0.3, -0.25) is 4.79 Å². The van der Waals surface area contributed by atoms with Gasteiger partial charge in [0, 0.05) is 12.2 Å². The summed E-state index contributed by atoms with van der Waals surface area (Å²) in [6.45, 7) is 1.07. The van der Waals surface area contributed by atoms with E-state index in [0.717, 1.165) is 24.3 Å². The second-order valence-electron chi connectivity index (χ2n) is 5.11. The maximum absolute atomic E-state index is 11.7. The molecule has 0 aliphatic heterocycles. The molecule has 0 atom stereocenters. The van der Waals surface area contributed by atoms with Crippen LogP contribution >= 0.6 is 0 Å². The maximum atomic E-state index is 11.7. The normalized spacial score (nSPS) is 10.2. The summed E-state index contributed by atoms with van der Waals surface area (Å²) in [6.07, 6.45) is 2.22. The van der Waals surface area contributed by atoms with E-state index >= 15 is 0 Å². The van der Waals surface area contributed by atoms with Gasteiger partial charge in [0.05, 0.1) is 13.0 Å². The topological polar surface area (TPSA) is 64.3 Å². The first-order valence-corrected chi connectivity index (χ1v) is 7.53. The summed E-state index contributed by atoms with van der Waals surface area (Å²) >= 11 is 0. The summed E-state index contributed by atoms with van der Waals surface area (Å²) < 4.78 is 5.49. The minimum atomic E-state index is 0.0215. The first kappa shape index (κ1) is 15.9. The minimum absolute atomic E-state index is 0.0215. The molecule has 0 saturated carbocycles. The van der Waals surface area contributed by atoms with Crippen LogP contribution in [0.2, 0.25) is 0 Å². The molecule has 2 aromatic rings. The molecule has 0 fully saturated rings. The van der Waals surface area contributed by atoms with Gasteiger partial charge in [-0.15, -0.1) is 0 Å². The van der Waals surface area contributed by atoms with Crippen LogP contribution < -0.4 is 15.8 Å². The van der Waals surface area contributed by atoms with E-state index in [2.05, 4.69) is 5.32 Å². The van der Waals surface area contributed by atoms with Gasteiger partial charge in [0.25, 0.3) is 0 Å². The standard InChI is InChI=1S/C18H22N2O2/c19-16-10-8-15(9-11-16)5-4-13-20-18(21)12-14-22-17-6-2-1-3-7-17/h1-3,6-11H,4-5,12-14,19H2,(H,20,21). The van der Waals surface area contributed by atoms with E-state index in [1.165, 1.54) is 5.56 Å². The molecular weight excluding hydrogens is 276 g/mol. The fraction of sp³-hybridized carbons (Fsp3) is 0.278. The highest BCUT2D eigenvalue weighted by Gasteiger charge is 2.01. The summed E-state index contributed by atoms with van der Waals surface area (Å²) in [5.74, 6) is 0.812. The lowest BCUT2D eigenvalue weighted by atomic mass is 10.1. The highest BCUT2D eigenvalue weighted by molar-refractivity contribution is 5.75. The second kappa shape index (κ2) is 8.72. The van der Waals surface area contributed by atoms with Crippen molar-refractivity contribution in [2.24, 2.45) is 0 Å². The van der Waals surface area contributed by atoms with Crippen molar-refractivity contribution < 1.29 is 9.53 Å². The number of nitrogens with one attached hydrogen (secondary N) is 1. The predicted molar refractivity (Wildman–Crippen MR) is 88.7 cm³/mol. The zero-order chi connectivity index (χ0) is 15.6. The lowest BCUT2D eigenvalue weighted by Crippen LogP contribution is -2.26. The Balaban J connectivity index is 1.55. The van der Waals surface area contributed by atoms with Gasteiger partial charge >= 0.3 is 0 Å². The number of amides is 1. The average Bonchev–Trinajstić information content (AvgIpc) is 2.54. The number of hydrogen-bond donors (Lipinski definition) is 2. The van der Waals surface area contributed by atoms with Crippen molar-refractivity contribution in [3.05, 3.63) is 60.2 Å². The van der Waals surface area contributed by atoms with Gasteiger partial charge < -0.3 is 15.8 Å². The van der Waals surface area contributed by atoms with Crippen molar-refractivity contribution in [2.75, 3.05) is 18.9 Å². The van der Waals surface area contributed by atoms with Gasteiger partial charge in [0.2, 0.25) is 5.91 Å². The highest BCUT2D eigenvalue weighted by Crippen LogP contribution is 2.08. The van der Waals surface area contributed by atoms with Crippen molar-refractivity contribution in [2.45, 2.75) is 19.3 Å². The van der Waals surface area contributed by atoms with Crippen LogP contribution in [0.1, 0.15) is 18.4 Å². The van der Waals surface area contributed by atoms with Gasteiger partial charge in [-0.1, -0.05) is 30.3 Å². The third kappa shape index (κ3) is 5.87. The van der Waals surface area contributed by atoms with Crippen LogP contribution in [-0.2, 0) is 11.2 Å². The number of ether oxygens (including phenoxy) is 1. The molecule has 0 heterocycles. The van der Waals surface area contributed by atoms with Gasteiger partial charge in [-0.25, -0.2) is 0 Å². The largest absolute Gasteiger partial charge is 0.493 e. The molecule has 22 heavy (non-hydrogen) atoms. The molecule has 1 amide bonds. The number of para-hydroxylation sites is 1. The fourth-order valence-electron chi connectivity index (χ4n) is 2.07. The average molecular weight is 298 g/mol. The minimum Gasteiger partial charge on any atom is -0.493 e. The molecule has 0 aliphatic rings. The third-order valence-corrected chi connectivity index (χ3v) is 3.29. The van der Waals surface area contributed by atoms with Crippen molar-refractivity contribution in [1.82, 2.24) is 5.32 Å². The van der Waals surface area contributed by atoms with E-state index in [4.69, 9.17) is 10.5 Å². The van der Waals surface area contributed by atoms with Crippen LogP contribution in [0.5, 0.6) is 5.75 Å². The Labute approximate surface area is 131 Å². The van der Waals surface area contributed by atoms with Gasteiger partial charge in [0.1, 0.15) is 5.75 Å². The fourth-order valence-corrected chi connectivity index (χ4v) is 2.07. The predicted octanol–water partition coefficient (Wildman–Crippen LogP) is 2.79. The van der Waals surface area contributed by atoms with E-state index in [1.54, 1.807) is 0 Å². The van der Waals surface area contributed by atoms with Gasteiger partial charge in [0.15, 0.2) is 0 Å². The Hall–Kier alpha value is -2.49. The summed E-state index contributed by atoms with van der Waals surface area (Å²) in [5, 5.41) is 2.91.